The van der Waals surface area contributed by atoms with Crippen LogP contribution in [0, 0.1) is 5.41 Å². The SMILES string of the molecule is CN1C[C@@H](c2ccccc2)CC2(CCN(C(=O)N(C)C)CC2)C1. The maximum atomic E-state index is 12.2. The Balaban J connectivity index is 1.69. The van der Waals surface area contributed by atoms with Crippen molar-refractivity contribution in [2.75, 3.05) is 47.3 Å². The number of carbonyl (C=O) groups excluding carboxylic acids is 1. The molecular formula is C19H29N3O. The molecule has 1 atom stereocenters. The van der Waals surface area contributed by atoms with E-state index in [4.69, 9.17) is 0 Å². The molecule has 0 radical (unpaired) electrons. The molecule has 0 unspecified atom stereocenters. The minimum absolute atomic E-state index is 0.156. The third-order valence-electron chi connectivity index (χ3n) is 5.56. The molecule has 0 saturated carbocycles. The van der Waals surface area contributed by atoms with Crippen LogP contribution in [0.25, 0.3) is 0 Å². The van der Waals surface area contributed by atoms with Gasteiger partial charge in [-0.25, -0.2) is 4.79 Å². The van der Waals surface area contributed by atoms with Crippen molar-refractivity contribution in [1.29, 1.82) is 0 Å². The molecule has 23 heavy (non-hydrogen) atoms. The zero-order chi connectivity index (χ0) is 16.4. The molecular weight excluding hydrogens is 286 g/mol. The second-order valence-electron chi connectivity index (χ2n) is 7.67. The molecule has 0 bridgehead atoms. The van der Waals surface area contributed by atoms with E-state index in [0.717, 1.165) is 32.5 Å². The highest BCUT2D eigenvalue weighted by Gasteiger charge is 2.42. The zero-order valence-corrected chi connectivity index (χ0v) is 14.7. The van der Waals surface area contributed by atoms with Crippen LogP contribution in [0.1, 0.15) is 30.7 Å². The van der Waals surface area contributed by atoms with Crippen LogP contribution in [-0.4, -0.2) is 68.1 Å². The fourth-order valence-corrected chi connectivity index (χ4v) is 4.43. The van der Waals surface area contributed by atoms with E-state index in [-0.39, 0.29) is 6.03 Å². The van der Waals surface area contributed by atoms with Crippen molar-refractivity contribution in [3.8, 4) is 0 Å². The summed E-state index contributed by atoms with van der Waals surface area (Å²) >= 11 is 0. The van der Waals surface area contributed by atoms with Crippen molar-refractivity contribution in [2.45, 2.75) is 25.2 Å². The molecule has 2 fully saturated rings. The van der Waals surface area contributed by atoms with Crippen LogP contribution in [0.3, 0.4) is 0 Å². The van der Waals surface area contributed by atoms with Gasteiger partial charge in [-0.05, 0) is 43.2 Å². The van der Waals surface area contributed by atoms with Gasteiger partial charge in [0.1, 0.15) is 0 Å². The first-order valence-corrected chi connectivity index (χ1v) is 8.69. The number of rotatable bonds is 1. The third-order valence-corrected chi connectivity index (χ3v) is 5.56. The molecule has 1 spiro atoms. The van der Waals surface area contributed by atoms with Crippen molar-refractivity contribution < 1.29 is 4.79 Å². The minimum Gasteiger partial charge on any atom is -0.331 e. The molecule has 126 valence electrons. The van der Waals surface area contributed by atoms with Gasteiger partial charge < -0.3 is 14.7 Å². The maximum Gasteiger partial charge on any atom is 0.319 e. The van der Waals surface area contributed by atoms with E-state index in [2.05, 4.69) is 42.3 Å². The molecule has 1 aromatic carbocycles. The summed E-state index contributed by atoms with van der Waals surface area (Å²) in [6.07, 6.45) is 3.51. The Morgan fingerprint density at radius 1 is 1.17 bits per heavy atom. The standard InChI is InChI=1S/C19H29N3O/c1-20(2)18(23)22-11-9-19(10-12-22)13-17(14-21(3)15-19)16-7-5-4-6-8-16/h4-8,17H,9-15H2,1-3H3/t17-/m0/s1. The summed E-state index contributed by atoms with van der Waals surface area (Å²) in [6, 6.07) is 11.1. The van der Waals surface area contributed by atoms with Crippen LogP contribution >= 0.6 is 0 Å². The predicted molar refractivity (Wildman–Crippen MR) is 93.6 cm³/mol. The monoisotopic (exact) mass is 315 g/mol. The first-order valence-electron chi connectivity index (χ1n) is 8.69. The number of carbonyl (C=O) groups is 1. The molecule has 3 rings (SSSR count). The van der Waals surface area contributed by atoms with Crippen LogP contribution in [0.2, 0.25) is 0 Å². The summed E-state index contributed by atoms with van der Waals surface area (Å²) in [4.78, 5) is 18.4. The lowest BCUT2D eigenvalue weighted by Crippen LogP contribution is -2.52. The van der Waals surface area contributed by atoms with Gasteiger partial charge in [0.25, 0.3) is 0 Å². The number of amides is 2. The van der Waals surface area contributed by atoms with Gasteiger partial charge in [0.15, 0.2) is 0 Å². The van der Waals surface area contributed by atoms with E-state index >= 15 is 0 Å². The highest BCUT2D eigenvalue weighted by Crippen LogP contribution is 2.44. The molecule has 2 amide bonds. The molecule has 2 saturated heterocycles. The van der Waals surface area contributed by atoms with Crippen LogP contribution in [-0.2, 0) is 0 Å². The second kappa shape index (κ2) is 6.52. The molecule has 0 aliphatic carbocycles. The summed E-state index contributed by atoms with van der Waals surface area (Å²) in [5, 5.41) is 0. The highest BCUT2D eigenvalue weighted by atomic mass is 16.2. The Hall–Kier alpha value is -1.55. The van der Waals surface area contributed by atoms with Gasteiger partial charge in [0.2, 0.25) is 0 Å². The summed E-state index contributed by atoms with van der Waals surface area (Å²) in [7, 11) is 5.92. The molecule has 2 aliphatic rings. The lowest BCUT2D eigenvalue weighted by molar-refractivity contribution is 0.0308. The fraction of sp³-hybridized carbons (Fsp3) is 0.632. The van der Waals surface area contributed by atoms with E-state index in [1.54, 1.807) is 4.90 Å². The lowest BCUT2D eigenvalue weighted by Gasteiger charge is -2.49. The summed E-state index contributed by atoms with van der Waals surface area (Å²) in [5.74, 6) is 0.617. The van der Waals surface area contributed by atoms with Gasteiger partial charge in [0, 0.05) is 40.3 Å². The highest BCUT2D eigenvalue weighted by molar-refractivity contribution is 5.73. The normalized spacial score (nSPS) is 24.7. The Bertz CT molecular complexity index is 535. The van der Waals surface area contributed by atoms with Crippen molar-refractivity contribution in [2.24, 2.45) is 5.41 Å². The average molecular weight is 315 g/mol. The minimum atomic E-state index is 0.156. The van der Waals surface area contributed by atoms with Crippen LogP contribution in [0.5, 0.6) is 0 Å². The Labute approximate surface area is 140 Å². The Kier molecular flexibility index (Phi) is 4.62. The maximum absolute atomic E-state index is 12.2. The number of nitrogens with zero attached hydrogens (tertiary/aromatic N) is 3. The number of hydrogen-bond donors (Lipinski definition) is 0. The summed E-state index contributed by atoms with van der Waals surface area (Å²) in [5.41, 5.74) is 1.83. The first-order chi connectivity index (χ1) is 11.0. The Morgan fingerprint density at radius 3 is 2.43 bits per heavy atom. The Morgan fingerprint density at radius 2 is 1.83 bits per heavy atom. The van der Waals surface area contributed by atoms with Crippen LogP contribution in [0.15, 0.2) is 30.3 Å². The molecule has 2 aliphatic heterocycles. The van der Waals surface area contributed by atoms with Gasteiger partial charge in [0.05, 0.1) is 0 Å². The zero-order valence-electron chi connectivity index (χ0n) is 14.7. The number of likely N-dealkylation sites (N-methyl/N-ethyl adjacent to an activating group) is 1. The second-order valence-corrected chi connectivity index (χ2v) is 7.67. The van der Waals surface area contributed by atoms with Crippen molar-refractivity contribution in [3.05, 3.63) is 35.9 Å². The van der Waals surface area contributed by atoms with Crippen LogP contribution < -0.4 is 0 Å². The summed E-state index contributed by atoms with van der Waals surface area (Å²) < 4.78 is 0. The molecule has 2 heterocycles. The van der Waals surface area contributed by atoms with E-state index < -0.39 is 0 Å². The largest absolute Gasteiger partial charge is 0.331 e. The number of piperidine rings is 2. The smallest absolute Gasteiger partial charge is 0.319 e. The molecule has 4 nitrogen and oxygen atoms in total. The predicted octanol–water partition coefficient (Wildman–Crippen LogP) is 2.87. The number of benzene rings is 1. The fourth-order valence-electron chi connectivity index (χ4n) is 4.43. The van der Waals surface area contributed by atoms with Crippen molar-refractivity contribution in [3.63, 3.8) is 0 Å². The quantitative estimate of drug-likeness (QED) is 0.797. The van der Waals surface area contributed by atoms with E-state index in [1.165, 1.54) is 18.5 Å². The van der Waals surface area contributed by atoms with Gasteiger partial charge in [-0.3, -0.25) is 0 Å². The van der Waals surface area contributed by atoms with E-state index in [1.807, 2.05) is 19.0 Å². The first kappa shape index (κ1) is 16.3. The van der Waals surface area contributed by atoms with Gasteiger partial charge in [-0.15, -0.1) is 0 Å². The number of urea groups is 1. The molecule has 1 aromatic rings. The van der Waals surface area contributed by atoms with E-state index in [9.17, 15) is 4.79 Å². The van der Waals surface area contributed by atoms with Crippen molar-refractivity contribution in [1.82, 2.24) is 14.7 Å². The number of likely N-dealkylation sites (tertiary alicyclic amines) is 2. The average Bonchev–Trinajstić information content (AvgIpc) is 2.55. The van der Waals surface area contributed by atoms with Gasteiger partial charge in [-0.2, -0.15) is 0 Å². The molecule has 0 aromatic heterocycles. The van der Waals surface area contributed by atoms with Gasteiger partial charge in [-0.1, -0.05) is 30.3 Å². The lowest BCUT2D eigenvalue weighted by atomic mass is 9.68. The molecule has 4 heteroatoms. The van der Waals surface area contributed by atoms with Crippen molar-refractivity contribution >= 4 is 6.03 Å². The molecule has 0 N–H and O–H groups in total. The third kappa shape index (κ3) is 3.52. The van der Waals surface area contributed by atoms with Gasteiger partial charge >= 0.3 is 6.03 Å². The topological polar surface area (TPSA) is 26.8 Å². The summed E-state index contributed by atoms with van der Waals surface area (Å²) in [6.45, 7) is 4.10. The van der Waals surface area contributed by atoms with Crippen LogP contribution in [0.4, 0.5) is 4.79 Å². The van der Waals surface area contributed by atoms with E-state index in [0.29, 0.717) is 11.3 Å². The number of hydrogen-bond acceptors (Lipinski definition) is 2.